The smallest absolute Gasteiger partial charge is 0.0697 e. The number of aliphatic hydroxyl groups is 1. The first-order chi connectivity index (χ1) is 6.52. The molecule has 0 aromatic heterocycles. The van der Waals surface area contributed by atoms with Crippen LogP contribution >= 0.6 is 0 Å². The van der Waals surface area contributed by atoms with Crippen LogP contribution in [0.3, 0.4) is 0 Å². The second-order valence-electron chi connectivity index (χ2n) is 3.70. The molecule has 4 N–H and O–H groups in total. The first-order valence-corrected chi connectivity index (χ1v) is 4.96. The maximum atomic E-state index is 9.05. The van der Waals surface area contributed by atoms with Crippen molar-refractivity contribution in [1.29, 1.82) is 0 Å². The van der Waals surface area contributed by atoms with Gasteiger partial charge in [0.2, 0.25) is 0 Å². The summed E-state index contributed by atoms with van der Waals surface area (Å²) in [6.07, 6.45) is 0.928. The molecule has 84 valence electrons. The van der Waals surface area contributed by atoms with Gasteiger partial charge in [0.25, 0.3) is 0 Å². The average Bonchev–Trinajstić information content (AvgIpc) is 2.15. The minimum atomic E-state index is -0.0620. The summed E-state index contributed by atoms with van der Waals surface area (Å²) in [4.78, 5) is 2.03. The summed E-state index contributed by atoms with van der Waals surface area (Å²) in [5.41, 5.74) is 6.56. The molecule has 0 radical (unpaired) electrons. The molecule has 0 aliphatic carbocycles. The fourth-order valence-electron chi connectivity index (χ4n) is 1.17. The molecule has 14 heavy (non-hydrogen) atoms. The van der Waals surface area contributed by atoms with Crippen molar-refractivity contribution in [2.45, 2.75) is 25.4 Å². The topological polar surface area (TPSA) is 61.5 Å². The first kappa shape index (κ1) is 13.4. The summed E-state index contributed by atoms with van der Waals surface area (Å²) >= 11 is 0. The summed E-state index contributed by atoms with van der Waals surface area (Å²) in [5, 5.41) is 12.0. The molecule has 2 atom stereocenters. The summed E-state index contributed by atoms with van der Waals surface area (Å²) in [6.45, 7) is 6.86. The summed E-state index contributed by atoms with van der Waals surface area (Å²) < 4.78 is 0. The van der Waals surface area contributed by atoms with Crippen molar-refractivity contribution >= 4 is 0 Å². The van der Waals surface area contributed by atoms with Crippen LogP contribution in [-0.2, 0) is 0 Å². The van der Waals surface area contributed by atoms with Gasteiger partial charge < -0.3 is 21.1 Å². The van der Waals surface area contributed by atoms with E-state index in [-0.39, 0.29) is 18.7 Å². The molecule has 0 fully saturated rings. The number of rotatable bonds is 7. The maximum Gasteiger partial charge on any atom is 0.0697 e. The van der Waals surface area contributed by atoms with Gasteiger partial charge in [0.05, 0.1) is 12.6 Å². The van der Waals surface area contributed by atoms with Crippen molar-refractivity contribution in [1.82, 2.24) is 10.2 Å². The Balaban J connectivity index is 3.97. The zero-order valence-electron chi connectivity index (χ0n) is 9.45. The zero-order valence-corrected chi connectivity index (χ0v) is 9.45. The molecule has 0 heterocycles. The first-order valence-electron chi connectivity index (χ1n) is 4.96. The van der Waals surface area contributed by atoms with E-state index in [4.69, 9.17) is 10.8 Å². The molecule has 0 aromatic carbocycles. The third-order valence-corrected chi connectivity index (χ3v) is 2.34. The van der Waals surface area contributed by atoms with Crippen molar-refractivity contribution in [3.63, 3.8) is 0 Å². The molecular weight excluding hydrogens is 178 g/mol. The maximum absolute atomic E-state index is 9.05. The van der Waals surface area contributed by atoms with Gasteiger partial charge in [0, 0.05) is 25.3 Å². The van der Waals surface area contributed by atoms with Crippen LogP contribution < -0.4 is 11.1 Å². The molecule has 0 rings (SSSR count). The Morgan fingerprint density at radius 1 is 1.64 bits per heavy atom. The van der Waals surface area contributed by atoms with E-state index in [1.807, 2.05) is 25.9 Å². The van der Waals surface area contributed by atoms with Crippen LogP contribution in [0.1, 0.15) is 13.3 Å². The molecule has 0 saturated heterocycles. The van der Waals surface area contributed by atoms with E-state index in [2.05, 4.69) is 11.9 Å². The summed E-state index contributed by atoms with van der Waals surface area (Å²) in [6, 6.07) is 0.139. The van der Waals surface area contributed by atoms with E-state index in [1.165, 1.54) is 0 Å². The highest BCUT2D eigenvalue weighted by Crippen LogP contribution is 2.05. The van der Waals surface area contributed by atoms with E-state index in [0.29, 0.717) is 0 Å². The normalized spacial score (nSPS) is 14.9. The fraction of sp³-hybridized carbons (Fsp3) is 0.800. The third kappa shape index (κ3) is 4.60. The van der Waals surface area contributed by atoms with Crippen LogP contribution in [-0.4, -0.2) is 49.3 Å². The van der Waals surface area contributed by atoms with Crippen LogP contribution in [0.5, 0.6) is 0 Å². The highest BCUT2D eigenvalue weighted by atomic mass is 16.3. The lowest BCUT2D eigenvalue weighted by Crippen LogP contribution is -2.38. The highest BCUT2D eigenvalue weighted by Gasteiger charge is 2.12. The number of likely N-dealkylation sites (N-methyl/N-ethyl adjacent to an activating group) is 2. The van der Waals surface area contributed by atoms with Crippen LogP contribution in [0.2, 0.25) is 0 Å². The lowest BCUT2D eigenvalue weighted by Gasteiger charge is -2.27. The largest absolute Gasteiger partial charge is 0.394 e. The van der Waals surface area contributed by atoms with Crippen LogP contribution in [0.4, 0.5) is 0 Å². The van der Waals surface area contributed by atoms with E-state index >= 15 is 0 Å². The number of nitrogens with one attached hydrogen (secondary N) is 1. The molecule has 4 heteroatoms. The molecule has 2 unspecified atom stereocenters. The van der Waals surface area contributed by atoms with Crippen molar-refractivity contribution in [3.05, 3.63) is 12.3 Å². The summed E-state index contributed by atoms with van der Waals surface area (Å²) in [5.74, 6) is 0. The zero-order chi connectivity index (χ0) is 11.1. The predicted octanol–water partition coefficient (Wildman–Crippen LogP) is -0.250. The molecule has 0 amide bonds. The van der Waals surface area contributed by atoms with E-state index in [9.17, 15) is 0 Å². The Labute approximate surface area is 86.8 Å². The lowest BCUT2D eigenvalue weighted by molar-refractivity contribution is 0.238. The van der Waals surface area contributed by atoms with Crippen molar-refractivity contribution in [2.75, 3.05) is 27.2 Å². The molecule has 4 nitrogen and oxygen atoms in total. The van der Waals surface area contributed by atoms with Gasteiger partial charge >= 0.3 is 0 Å². The lowest BCUT2D eigenvalue weighted by atomic mass is 10.2. The minimum absolute atomic E-state index is 0.0620. The predicted molar refractivity (Wildman–Crippen MR) is 60.0 cm³/mol. The molecule has 0 aliphatic rings. The standard InChI is InChI=1S/C10H23N3O/c1-8(11)5-6-13(4)9(2)10(7-14)12-3/h8,10,12,14H,2,5-7,11H2,1,3-4H3. The van der Waals surface area contributed by atoms with Crippen LogP contribution in [0, 0.1) is 0 Å². The number of nitrogens with two attached hydrogens (primary N) is 1. The van der Waals surface area contributed by atoms with Gasteiger partial charge in [-0.25, -0.2) is 0 Å². The van der Waals surface area contributed by atoms with Gasteiger partial charge in [-0.05, 0) is 20.4 Å². The van der Waals surface area contributed by atoms with Crippen molar-refractivity contribution in [3.8, 4) is 0 Å². The monoisotopic (exact) mass is 201 g/mol. The average molecular weight is 201 g/mol. The number of hydrogen-bond acceptors (Lipinski definition) is 4. The Hall–Kier alpha value is -0.580. The molecule has 0 spiro atoms. The van der Waals surface area contributed by atoms with E-state index in [0.717, 1.165) is 18.7 Å². The van der Waals surface area contributed by atoms with Crippen LogP contribution in [0.15, 0.2) is 12.3 Å². The third-order valence-electron chi connectivity index (χ3n) is 2.34. The van der Waals surface area contributed by atoms with Crippen molar-refractivity contribution < 1.29 is 5.11 Å². The molecule has 0 saturated carbocycles. The Morgan fingerprint density at radius 3 is 2.57 bits per heavy atom. The minimum Gasteiger partial charge on any atom is -0.394 e. The van der Waals surface area contributed by atoms with Gasteiger partial charge in [-0.15, -0.1) is 0 Å². The van der Waals surface area contributed by atoms with Crippen LogP contribution in [0.25, 0.3) is 0 Å². The number of hydrogen-bond donors (Lipinski definition) is 3. The molecular formula is C10H23N3O. The quantitative estimate of drug-likeness (QED) is 0.531. The van der Waals surface area contributed by atoms with Gasteiger partial charge in [-0.3, -0.25) is 0 Å². The summed E-state index contributed by atoms with van der Waals surface area (Å²) in [7, 11) is 3.77. The SMILES string of the molecule is C=C(C(CO)NC)N(C)CCC(C)N. The van der Waals surface area contributed by atoms with Gasteiger partial charge in [0.1, 0.15) is 0 Å². The highest BCUT2D eigenvalue weighted by molar-refractivity contribution is 5.03. The molecule has 0 aromatic rings. The Bertz CT molecular complexity index is 167. The van der Waals surface area contributed by atoms with Gasteiger partial charge in [-0.2, -0.15) is 0 Å². The van der Waals surface area contributed by atoms with Gasteiger partial charge in [0.15, 0.2) is 0 Å². The fourth-order valence-corrected chi connectivity index (χ4v) is 1.17. The molecule has 0 aliphatic heterocycles. The number of nitrogens with zero attached hydrogens (tertiary/aromatic N) is 1. The van der Waals surface area contributed by atoms with E-state index in [1.54, 1.807) is 0 Å². The van der Waals surface area contributed by atoms with Crippen molar-refractivity contribution in [2.24, 2.45) is 5.73 Å². The second kappa shape index (κ2) is 6.81. The Kier molecular flexibility index (Phi) is 6.53. The second-order valence-corrected chi connectivity index (χ2v) is 3.70. The number of aliphatic hydroxyl groups excluding tert-OH is 1. The van der Waals surface area contributed by atoms with E-state index < -0.39 is 0 Å². The Morgan fingerprint density at radius 2 is 2.21 bits per heavy atom. The van der Waals surface area contributed by atoms with Gasteiger partial charge in [-0.1, -0.05) is 6.58 Å². The molecule has 0 bridgehead atoms.